The van der Waals surface area contributed by atoms with Crippen molar-refractivity contribution in [2.24, 2.45) is 0 Å². The van der Waals surface area contributed by atoms with E-state index < -0.39 is 5.82 Å². The fourth-order valence-electron chi connectivity index (χ4n) is 1.90. The van der Waals surface area contributed by atoms with Crippen molar-refractivity contribution >= 4 is 33.2 Å². The second-order valence-corrected chi connectivity index (χ2v) is 5.38. The molecule has 2 N–H and O–H groups in total. The van der Waals surface area contributed by atoms with Crippen LogP contribution in [0.5, 0.6) is 0 Å². The van der Waals surface area contributed by atoms with Gasteiger partial charge in [0.2, 0.25) is 0 Å². The largest absolute Gasteiger partial charge is 0.382 e. The summed E-state index contributed by atoms with van der Waals surface area (Å²) in [5.74, 6) is -0.775. The molecule has 0 unspecified atom stereocenters. The van der Waals surface area contributed by atoms with Gasteiger partial charge in [0.1, 0.15) is 5.82 Å². The Morgan fingerprint density at radius 3 is 2.67 bits per heavy atom. The normalized spacial score (nSPS) is 10.2. The number of anilines is 2. The lowest BCUT2D eigenvalue weighted by Crippen LogP contribution is -2.16. The highest BCUT2D eigenvalue weighted by Crippen LogP contribution is 2.25. The van der Waals surface area contributed by atoms with Crippen molar-refractivity contribution < 1.29 is 9.18 Å². The molecular formula is C16H16BrFN2O. The number of benzene rings is 2. The van der Waals surface area contributed by atoms with E-state index >= 15 is 0 Å². The summed E-state index contributed by atoms with van der Waals surface area (Å²) >= 11 is 3.37. The lowest BCUT2D eigenvalue weighted by Gasteiger charge is -2.13. The highest BCUT2D eigenvalue weighted by atomic mass is 79.9. The van der Waals surface area contributed by atoms with Gasteiger partial charge in [0.15, 0.2) is 0 Å². The summed E-state index contributed by atoms with van der Waals surface area (Å²) in [5, 5.41) is 5.74. The Morgan fingerprint density at radius 1 is 1.19 bits per heavy atom. The maximum absolute atomic E-state index is 13.9. The first kappa shape index (κ1) is 15.5. The van der Waals surface area contributed by atoms with E-state index in [4.69, 9.17) is 0 Å². The van der Waals surface area contributed by atoms with E-state index in [9.17, 15) is 9.18 Å². The highest BCUT2D eigenvalue weighted by Gasteiger charge is 2.15. The van der Waals surface area contributed by atoms with Gasteiger partial charge in [-0.1, -0.05) is 25.1 Å². The van der Waals surface area contributed by atoms with Crippen LogP contribution in [0.1, 0.15) is 23.7 Å². The van der Waals surface area contributed by atoms with Crippen LogP contribution in [0.3, 0.4) is 0 Å². The lowest BCUT2D eigenvalue weighted by atomic mass is 10.1. The number of para-hydroxylation sites is 2. The molecule has 0 heterocycles. The van der Waals surface area contributed by atoms with Crippen LogP contribution in [-0.4, -0.2) is 12.5 Å². The van der Waals surface area contributed by atoms with Gasteiger partial charge in [0, 0.05) is 11.0 Å². The third-order valence-corrected chi connectivity index (χ3v) is 3.62. The average molecular weight is 351 g/mol. The van der Waals surface area contributed by atoms with Crippen LogP contribution in [-0.2, 0) is 0 Å². The Hall–Kier alpha value is -1.88. The Bertz CT molecular complexity index is 646. The molecule has 0 aliphatic carbocycles. The monoisotopic (exact) mass is 350 g/mol. The maximum atomic E-state index is 13.9. The van der Waals surface area contributed by atoms with E-state index in [1.165, 1.54) is 12.1 Å². The summed E-state index contributed by atoms with van der Waals surface area (Å²) in [6.45, 7) is 2.59. The van der Waals surface area contributed by atoms with Gasteiger partial charge in [-0.15, -0.1) is 0 Å². The molecule has 0 saturated carbocycles. The van der Waals surface area contributed by atoms with Crippen LogP contribution in [0, 0.1) is 5.82 Å². The molecule has 5 heteroatoms. The summed E-state index contributed by atoms with van der Waals surface area (Å²) in [7, 11) is 0. The molecule has 0 aliphatic heterocycles. The highest BCUT2D eigenvalue weighted by molar-refractivity contribution is 9.10. The van der Waals surface area contributed by atoms with Crippen LogP contribution in [0.15, 0.2) is 46.9 Å². The topological polar surface area (TPSA) is 41.1 Å². The third-order valence-electron chi connectivity index (χ3n) is 2.93. The van der Waals surface area contributed by atoms with Crippen molar-refractivity contribution in [2.45, 2.75) is 13.3 Å². The standard InChI is InChI=1S/C16H16BrFN2O/c1-2-10-19-15-11(6-5-8-13(15)18)16(21)20-14-9-4-3-7-12(14)17/h3-9,19H,2,10H2,1H3,(H,20,21). The number of amides is 1. The lowest BCUT2D eigenvalue weighted by molar-refractivity contribution is 0.102. The first-order valence-electron chi connectivity index (χ1n) is 6.71. The van der Waals surface area contributed by atoms with Gasteiger partial charge in [-0.05, 0) is 46.6 Å². The number of halogens is 2. The zero-order chi connectivity index (χ0) is 15.2. The summed E-state index contributed by atoms with van der Waals surface area (Å²) < 4.78 is 14.7. The van der Waals surface area contributed by atoms with E-state index in [0.29, 0.717) is 17.8 Å². The van der Waals surface area contributed by atoms with Gasteiger partial charge in [-0.3, -0.25) is 4.79 Å². The Morgan fingerprint density at radius 2 is 1.95 bits per heavy atom. The van der Waals surface area contributed by atoms with Gasteiger partial charge >= 0.3 is 0 Å². The zero-order valence-electron chi connectivity index (χ0n) is 11.6. The maximum Gasteiger partial charge on any atom is 0.257 e. The minimum Gasteiger partial charge on any atom is -0.382 e. The molecule has 0 bridgehead atoms. The van der Waals surface area contributed by atoms with E-state index in [-0.39, 0.29) is 11.6 Å². The molecule has 2 aromatic carbocycles. The SMILES string of the molecule is CCCNc1c(F)cccc1C(=O)Nc1ccccc1Br. The molecule has 0 saturated heterocycles. The van der Waals surface area contributed by atoms with Gasteiger partial charge in [-0.2, -0.15) is 0 Å². The predicted molar refractivity (Wildman–Crippen MR) is 87.3 cm³/mol. The summed E-state index contributed by atoms with van der Waals surface area (Å²) in [6.07, 6.45) is 0.847. The van der Waals surface area contributed by atoms with Gasteiger partial charge in [0.05, 0.1) is 16.9 Å². The Balaban J connectivity index is 2.27. The fraction of sp³-hybridized carbons (Fsp3) is 0.188. The Kier molecular flexibility index (Phi) is 5.33. The van der Waals surface area contributed by atoms with Crippen LogP contribution in [0.4, 0.5) is 15.8 Å². The fourth-order valence-corrected chi connectivity index (χ4v) is 2.28. The van der Waals surface area contributed by atoms with Crippen LogP contribution >= 0.6 is 15.9 Å². The number of carbonyl (C=O) groups excluding carboxylic acids is 1. The first-order valence-corrected chi connectivity index (χ1v) is 7.51. The predicted octanol–water partition coefficient (Wildman–Crippen LogP) is 4.66. The molecule has 1 amide bonds. The van der Waals surface area contributed by atoms with Crippen molar-refractivity contribution in [3.05, 3.63) is 58.3 Å². The summed E-state index contributed by atoms with van der Waals surface area (Å²) in [5.41, 5.74) is 1.18. The van der Waals surface area contributed by atoms with E-state index in [1.54, 1.807) is 12.1 Å². The first-order chi connectivity index (χ1) is 10.1. The molecule has 2 aromatic rings. The van der Waals surface area contributed by atoms with E-state index in [1.807, 2.05) is 25.1 Å². The van der Waals surface area contributed by atoms with Gasteiger partial charge in [0.25, 0.3) is 5.91 Å². The molecule has 0 atom stereocenters. The molecule has 0 fully saturated rings. The minimum absolute atomic E-state index is 0.240. The zero-order valence-corrected chi connectivity index (χ0v) is 13.2. The van der Waals surface area contributed by atoms with Crippen molar-refractivity contribution in [2.75, 3.05) is 17.2 Å². The van der Waals surface area contributed by atoms with Gasteiger partial charge in [-0.25, -0.2) is 4.39 Å². The molecule has 0 aliphatic rings. The third kappa shape index (κ3) is 3.82. The molecule has 3 nitrogen and oxygen atoms in total. The van der Waals surface area contributed by atoms with Crippen molar-refractivity contribution in [1.29, 1.82) is 0 Å². The number of hydrogen-bond acceptors (Lipinski definition) is 2. The van der Waals surface area contributed by atoms with Gasteiger partial charge < -0.3 is 10.6 Å². The molecule has 0 spiro atoms. The van der Waals surface area contributed by atoms with Crippen molar-refractivity contribution in [1.82, 2.24) is 0 Å². The second kappa shape index (κ2) is 7.22. The second-order valence-electron chi connectivity index (χ2n) is 4.52. The molecular weight excluding hydrogens is 335 g/mol. The van der Waals surface area contributed by atoms with Crippen LogP contribution in [0.2, 0.25) is 0 Å². The molecule has 0 aromatic heterocycles. The van der Waals surface area contributed by atoms with E-state index in [0.717, 1.165) is 10.9 Å². The Labute approximate surface area is 131 Å². The van der Waals surface area contributed by atoms with Crippen LogP contribution < -0.4 is 10.6 Å². The molecule has 0 radical (unpaired) electrons. The van der Waals surface area contributed by atoms with Crippen LogP contribution in [0.25, 0.3) is 0 Å². The number of nitrogens with one attached hydrogen (secondary N) is 2. The van der Waals surface area contributed by atoms with Crippen molar-refractivity contribution in [3.8, 4) is 0 Å². The summed E-state index contributed by atoms with van der Waals surface area (Å²) in [4.78, 5) is 12.4. The summed E-state index contributed by atoms with van der Waals surface area (Å²) in [6, 6.07) is 11.8. The number of carbonyl (C=O) groups is 1. The number of hydrogen-bond donors (Lipinski definition) is 2. The van der Waals surface area contributed by atoms with Crippen molar-refractivity contribution in [3.63, 3.8) is 0 Å². The number of rotatable bonds is 5. The molecule has 21 heavy (non-hydrogen) atoms. The van der Waals surface area contributed by atoms with E-state index in [2.05, 4.69) is 26.6 Å². The average Bonchev–Trinajstić information content (AvgIpc) is 2.48. The molecule has 2 rings (SSSR count). The quantitative estimate of drug-likeness (QED) is 0.823. The smallest absolute Gasteiger partial charge is 0.257 e. The molecule has 110 valence electrons. The minimum atomic E-state index is -0.428.